The summed E-state index contributed by atoms with van der Waals surface area (Å²) in [5, 5.41) is 0. The second-order valence-corrected chi connectivity index (χ2v) is 6.54. The Morgan fingerprint density at radius 1 is 1.00 bits per heavy atom. The Kier molecular flexibility index (Phi) is 2.32. The van der Waals surface area contributed by atoms with Crippen LogP contribution in [-0.2, 0) is 0 Å². The van der Waals surface area contributed by atoms with Crippen LogP contribution < -0.4 is 4.46 Å². The summed E-state index contributed by atoms with van der Waals surface area (Å²) in [7, 11) is 0. The summed E-state index contributed by atoms with van der Waals surface area (Å²) in [5.74, 6) is 4.66. The molecule has 49 valence electrons. The standard InChI is InChI=1S/C8H11Se/c1-9(2)8-6-4-3-5-7-8/h3-7H,1-2H3. The summed E-state index contributed by atoms with van der Waals surface area (Å²) < 4.78 is 1.54. The number of hydrogen-bond donors (Lipinski definition) is 0. The van der Waals surface area contributed by atoms with Gasteiger partial charge in [0.2, 0.25) is 0 Å². The first kappa shape index (κ1) is 6.85. The number of rotatable bonds is 1. The molecule has 0 aliphatic carbocycles. The Bertz CT molecular complexity index is 167. The Morgan fingerprint density at radius 2 is 1.56 bits per heavy atom. The molecule has 0 aliphatic heterocycles. The van der Waals surface area contributed by atoms with E-state index >= 15 is 0 Å². The maximum absolute atomic E-state index is 2.33. The van der Waals surface area contributed by atoms with Crippen molar-refractivity contribution in [3.63, 3.8) is 0 Å². The van der Waals surface area contributed by atoms with Gasteiger partial charge in [-0.05, 0) is 0 Å². The van der Waals surface area contributed by atoms with E-state index in [1.54, 1.807) is 0 Å². The molecule has 0 N–H and O–H groups in total. The van der Waals surface area contributed by atoms with Crippen LogP contribution in [0.15, 0.2) is 30.3 Å². The van der Waals surface area contributed by atoms with Crippen LogP contribution in [0.5, 0.6) is 0 Å². The van der Waals surface area contributed by atoms with E-state index in [9.17, 15) is 0 Å². The Hall–Kier alpha value is -0.261. The molecule has 0 nitrogen and oxygen atoms in total. The van der Waals surface area contributed by atoms with Crippen molar-refractivity contribution in [1.29, 1.82) is 0 Å². The van der Waals surface area contributed by atoms with Gasteiger partial charge in [0.15, 0.2) is 0 Å². The van der Waals surface area contributed by atoms with Crippen molar-refractivity contribution in [1.82, 2.24) is 0 Å². The molecule has 0 amide bonds. The molecular weight excluding hydrogens is 175 g/mol. The molecule has 0 spiro atoms. The summed E-state index contributed by atoms with van der Waals surface area (Å²) in [5.41, 5.74) is 0. The molecular formula is C8H11Se. The quantitative estimate of drug-likeness (QED) is 0.585. The first-order valence-electron chi connectivity index (χ1n) is 2.93. The third-order valence-electron chi connectivity index (χ3n) is 1.21. The fourth-order valence-corrected chi connectivity index (χ4v) is 2.16. The second kappa shape index (κ2) is 3.05. The van der Waals surface area contributed by atoms with E-state index in [1.165, 1.54) is 4.46 Å². The van der Waals surface area contributed by atoms with Crippen molar-refractivity contribution in [2.24, 2.45) is 0 Å². The van der Waals surface area contributed by atoms with Crippen LogP contribution in [0, 0.1) is 0 Å². The van der Waals surface area contributed by atoms with Gasteiger partial charge >= 0.3 is 60.3 Å². The van der Waals surface area contributed by atoms with Gasteiger partial charge in [-0.1, -0.05) is 0 Å². The van der Waals surface area contributed by atoms with Crippen molar-refractivity contribution >= 4 is 18.4 Å². The minimum absolute atomic E-state index is 0.410. The third-order valence-corrected chi connectivity index (χ3v) is 3.76. The van der Waals surface area contributed by atoms with Crippen LogP contribution >= 0.6 is 0 Å². The van der Waals surface area contributed by atoms with E-state index in [2.05, 4.69) is 42.0 Å². The zero-order valence-electron chi connectivity index (χ0n) is 5.79. The average molecular weight is 186 g/mol. The first-order valence-corrected chi connectivity index (χ1v) is 7.21. The molecule has 0 fully saturated rings. The predicted molar refractivity (Wildman–Crippen MR) is 43.6 cm³/mol. The molecule has 1 heteroatoms. The van der Waals surface area contributed by atoms with Gasteiger partial charge in [0, 0.05) is 0 Å². The second-order valence-electron chi connectivity index (χ2n) is 2.13. The molecule has 0 heterocycles. The van der Waals surface area contributed by atoms with Gasteiger partial charge in [-0.25, -0.2) is 0 Å². The summed E-state index contributed by atoms with van der Waals surface area (Å²) >= 11 is -0.410. The third kappa shape index (κ3) is 1.85. The zero-order chi connectivity index (χ0) is 6.69. The van der Waals surface area contributed by atoms with E-state index in [0.717, 1.165) is 0 Å². The maximum atomic E-state index is 2.33. The average Bonchev–Trinajstić information content (AvgIpc) is 1.90. The molecule has 1 aromatic carbocycles. The van der Waals surface area contributed by atoms with Crippen molar-refractivity contribution in [2.75, 3.05) is 0 Å². The van der Waals surface area contributed by atoms with Gasteiger partial charge in [-0.2, -0.15) is 0 Å². The van der Waals surface area contributed by atoms with E-state index in [4.69, 9.17) is 0 Å². The predicted octanol–water partition coefficient (Wildman–Crippen LogP) is 1.65. The molecule has 1 aromatic rings. The fraction of sp³-hybridized carbons (Fsp3) is 0.250. The van der Waals surface area contributed by atoms with Crippen molar-refractivity contribution in [3.8, 4) is 0 Å². The van der Waals surface area contributed by atoms with Gasteiger partial charge in [0.05, 0.1) is 0 Å². The van der Waals surface area contributed by atoms with Gasteiger partial charge in [-0.15, -0.1) is 0 Å². The fourth-order valence-electron chi connectivity index (χ4n) is 0.693. The van der Waals surface area contributed by atoms with Crippen LogP contribution in [-0.4, -0.2) is 13.9 Å². The van der Waals surface area contributed by atoms with Crippen LogP contribution in [0.25, 0.3) is 0 Å². The Morgan fingerprint density at radius 3 is 1.89 bits per heavy atom. The molecule has 0 aromatic heterocycles. The summed E-state index contributed by atoms with van der Waals surface area (Å²) in [6.45, 7) is 0. The Balaban J connectivity index is 2.85. The molecule has 9 heavy (non-hydrogen) atoms. The van der Waals surface area contributed by atoms with E-state index in [0.29, 0.717) is 0 Å². The summed E-state index contributed by atoms with van der Waals surface area (Å²) in [6, 6.07) is 10.7. The molecule has 0 aliphatic rings. The van der Waals surface area contributed by atoms with Crippen LogP contribution in [0.4, 0.5) is 0 Å². The summed E-state index contributed by atoms with van der Waals surface area (Å²) in [4.78, 5) is 0. The number of benzene rings is 1. The van der Waals surface area contributed by atoms with Crippen LogP contribution in [0.1, 0.15) is 0 Å². The molecule has 1 radical (unpaired) electrons. The molecule has 0 unspecified atom stereocenters. The van der Waals surface area contributed by atoms with Crippen molar-refractivity contribution < 1.29 is 0 Å². The van der Waals surface area contributed by atoms with Crippen molar-refractivity contribution in [2.45, 2.75) is 11.6 Å². The van der Waals surface area contributed by atoms with Gasteiger partial charge in [-0.3, -0.25) is 0 Å². The normalized spacial score (nSPS) is 10.1. The number of hydrogen-bond acceptors (Lipinski definition) is 0. The topological polar surface area (TPSA) is 0 Å². The van der Waals surface area contributed by atoms with Crippen LogP contribution in [0.2, 0.25) is 11.6 Å². The molecule has 0 saturated heterocycles. The molecule has 1 rings (SSSR count). The van der Waals surface area contributed by atoms with E-state index < -0.39 is 13.9 Å². The molecule has 0 bridgehead atoms. The van der Waals surface area contributed by atoms with Gasteiger partial charge in [0.1, 0.15) is 0 Å². The monoisotopic (exact) mass is 187 g/mol. The van der Waals surface area contributed by atoms with E-state index in [-0.39, 0.29) is 0 Å². The van der Waals surface area contributed by atoms with Gasteiger partial charge < -0.3 is 0 Å². The SMILES string of the molecule is C[Se](C)c1ccccc1. The van der Waals surface area contributed by atoms with Crippen molar-refractivity contribution in [3.05, 3.63) is 30.3 Å². The molecule has 0 atom stereocenters. The first-order chi connectivity index (χ1) is 4.30. The summed E-state index contributed by atoms with van der Waals surface area (Å²) in [6.07, 6.45) is 0. The van der Waals surface area contributed by atoms with E-state index in [1.807, 2.05) is 0 Å². The van der Waals surface area contributed by atoms with Gasteiger partial charge in [0.25, 0.3) is 0 Å². The molecule has 0 saturated carbocycles. The Labute approximate surface area is 60.8 Å². The van der Waals surface area contributed by atoms with Crippen LogP contribution in [0.3, 0.4) is 0 Å². The minimum atomic E-state index is -0.410. The zero-order valence-corrected chi connectivity index (χ0v) is 7.51.